The molecule has 146 valence electrons. The first-order valence-corrected chi connectivity index (χ1v) is 9.88. The molecule has 2 aromatic rings. The third-order valence-corrected chi connectivity index (χ3v) is 5.56. The lowest BCUT2D eigenvalue weighted by Gasteiger charge is -2.25. The van der Waals surface area contributed by atoms with E-state index in [4.69, 9.17) is 4.74 Å². The SMILES string of the molecule is O=C(CCCOc1ccccc1)N1CC[C@H]2[C@@H]1CC(=O)N2Cc1cccnc1. The number of hydrogen-bond donors (Lipinski definition) is 0. The quantitative estimate of drug-likeness (QED) is 0.694. The predicted molar refractivity (Wildman–Crippen MR) is 104 cm³/mol. The number of para-hydroxylation sites is 1. The molecule has 2 atom stereocenters. The third kappa shape index (κ3) is 4.01. The van der Waals surface area contributed by atoms with Gasteiger partial charge < -0.3 is 14.5 Å². The Morgan fingerprint density at radius 1 is 1.14 bits per heavy atom. The summed E-state index contributed by atoms with van der Waals surface area (Å²) in [6.07, 6.45) is 5.93. The van der Waals surface area contributed by atoms with Crippen LogP contribution in [-0.2, 0) is 16.1 Å². The Morgan fingerprint density at radius 3 is 2.79 bits per heavy atom. The van der Waals surface area contributed by atoms with Crippen LogP contribution in [-0.4, -0.2) is 51.8 Å². The van der Waals surface area contributed by atoms with Crippen molar-refractivity contribution in [3.8, 4) is 5.75 Å². The number of amides is 2. The number of likely N-dealkylation sites (tertiary alicyclic amines) is 2. The predicted octanol–water partition coefficient (Wildman–Crippen LogP) is 2.64. The lowest BCUT2D eigenvalue weighted by molar-refractivity contribution is -0.132. The molecule has 28 heavy (non-hydrogen) atoms. The number of nitrogens with zero attached hydrogens (tertiary/aromatic N) is 3. The molecule has 3 heterocycles. The highest BCUT2D eigenvalue weighted by Crippen LogP contribution is 2.34. The van der Waals surface area contributed by atoms with Crippen LogP contribution in [0, 0.1) is 0 Å². The van der Waals surface area contributed by atoms with Crippen LogP contribution in [0.25, 0.3) is 0 Å². The Bertz CT molecular complexity index is 812. The molecule has 1 aromatic carbocycles. The van der Waals surface area contributed by atoms with Gasteiger partial charge in [0.05, 0.1) is 18.7 Å². The van der Waals surface area contributed by atoms with Crippen LogP contribution in [0.3, 0.4) is 0 Å². The highest BCUT2D eigenvalue weighted by atomic mass is 16.5. The van der Waals surface area contributed by atoms with Gasteiger partial charge >= 0.3 is 0 Å². The maximum absolute atomic E-state index is 12.7. The van der Waals surface area contributed by atoms with Gasteiger partial charge in [-0.3, -0.25) is 14.6 Å². The lowest BCUT2D eigenvalue weighted by Crippen LogP contribution is -2.39. The third-order valence-electron chi connectivity index (χ3n) is 5.56. The molecule has 0 aliphatic carbocycles. The monoisotopic (exact) mass is 379 g/mol. The van der Waals surface area contributed by atoms with E-state index in [1.165, 1.54) is 0 Å². The first-order chi connectivity index (χ1) is 13.7. The number of pyridine rings is 1. The normalized spacial score (nSPS) is 21.1. The van der Waals surface area contributed by atoms with E-state index in [2.05, 4.69) is 4.98 Å². The fourth-order valence-corrected chi connectivity index (χ4v) is 4.21. The smallest absolute Gasteiger partial charge is 0.225 e. The molecule has 2 saturated heterocycles. The molecular formula is C22H25N3O3. The van der Waals surface area contributed by atoms with Crippen molar-refractivity contribution < 1.29 is 14.3 Å². The zero-order valence-corrected chi connectivity index (χ0v) is 15.9. The summed E-state index contributed by atoms with van der Waals surface area (Å²) < 4.78 is 5.67. The van der Waals surface area contributed by atoms with Gasteiger partial charge in [0.1, 0.15) is 5.75 Å². The van der Waals surface area contributed by atoms with Crippen LogP contribution in [0.1, 0.15) is 31.2 Å². The van der Waals surface area contributed by atoms with Crippen LogP contribution < -0.4 is 4.74 Å². The second-order valence-electron chi connectivity index (χ2n) is 7.36. The van der Waals surface area contributed by atoms with Crippen molar-refractivity contribution in [3.63, 3.8) is 0 Å². The summed E-state index contributed by atoms with van der Waals surface area (Å²) in [6.45, 7) is 1.81. The Balaban J connectivity index is 1.28. The topological polar surface area (TPSA) is 62.7 Å². The molecule has 0 radical (unpaired) electrons. The molecule has 0 spiro atoms. The molecule has 2 fully saturated rings. The Hall–Kier alpha value is -2.89. The Labute approximate surface area is 165 Å². The Kier molecular flexibility index (Phi) is 5.55. The van der Waals surface area contributed by atoms with Gasteiger partial charge in [0.2, 0.25) is 11.8 Å². The number of ether oxygens (including phenoxy) is 1. The van der Waals surface area contributed by atoms with Crippen molar-refractivity contribution in [2.75, 3.05) is 13.2 Å². The van der Waals surface area contributed by atoms with E-state index in [1.54, 1.807) is 12.4 Å². The number of fused-ring (bicyclic) bond motifs is 1. The van der Waals surface area contributed by atoms with E-state index in [9.17, 15) is 9.59 Å². The van der Waals surface area contributed by atoms with Crippen LogP contribution in [0.5, 0.6) is 5.75 Å². The minimum absolute atomic E-state index is 0.00622. The summed E-state index contributed by atoms with van der Waals surface area (Å²) in [5.41, 5.74) is 1.03. The summed E-state index contributed by atoms with van der Waals surface area (Å²) in [6, 6.07) is 13.6. The van der Waals surface area contributed by atoms with E-state index in [-0.39, 0.29) is 23.9 Å². The van der Waals surface area contributed by atoms with E-state index in [0.29, 0.717) is 32.4 Å². The number of aromatic nitrogens is 1. The molecule has 1 aromatic heterocycles. The maximum Gasteiger partial charge on any atom is 0.225 e. The second-order valence-corrected chi connectivity index (χ2v) is 7.36. The van der Waals surface area contributed by atoms with E-state index in [1.807, 2.05) is 52.3 Å². The average Bonchev–Trinajstić information content (AvgIpc) is 3.26. The van der Waals surface area contributed by atoms with Crippen molar-refractivity contribution in [2.24, 2.45) is 0 Å². The molecule has 2 aliphatic rings. The van der Waals surface area contributed by atoms with Crippen LogP contribution in [0.15, 0.2) is 54.9 Å². The first kappa shape index (κ1) is 18.5. The van der Waals surface area contributed by atoms with Crippen molar-refractivity contribution >= 4 is 11.8 Å². The molecule has 4 rings (SSSR count). The summed E-state index contributed by atoms with van der Waals surface area (Å²) >= 11 is 0. The molecule has 0 bridgehead atoms. The summed E-state index contributed by atoms with van der Waals surface area (Å²) in [5.74, 6) is 1.08. The fourth-order valence-electron chi connectivity index (χ4n) is 4.21. The van der Waals surface area contributed by atoms with Crippen molar-refractivity contribution in [1.29, 1.82) is 0 Å². The zero-order chi connectivity index (χ0) is 19.3. The van der Waals surface area contributed by atoms with Gasteiger partial charge in [-0.2, -0.15) is 0 Å². The highest BCUT2D eigenvalue weighted by Gasteiger charge is 2.47. The van der Waals surface area contributed by atoms with Gasteiger partial charge in [-0.1, -0.05) is 24.3 Å². The largest absolute Gasteiger partial charge is 0.494 e. The molecule has 0 unspecified atom stereocenters. The number of carbonyl (C=O) groups is 2. The van der Waals surface area contributed by atoms with Gasteiger partial charge in [-0.05, 0) is 36.6 Å². The average molecular weight is 379 g/mol. The van der Waals surface area contributed by atoms with Crippen molar-refractivity contribution in [1.82, 2.24) is 14.8 Å². The second kappa shape index (κ2) is 8.42. The molecule has 0 N–H and O–H groups in total. The molecule has 6 nitrogen and oxygen atoms in total. The molecular weight excluding hydrogens is 354 g/mol. The zero-order valence-electron chi connectivity index (χ0n) is 15.9. The summed E-state index contributed by atoms with van der Waals surface area (Å²) in [5, 5.41) is 0. The number of hydrogen-bond acceptors (Lipinski definition) is 4. The van der Waals surface area contributed by atoms with E-state index in [0.717, 1.165) is 24.3 Å². The van der Waals surface area contributed by atoms with E-state index >= 15 is 0 Å². The number of benzene rings is 1. The molecule has 6 heteroatoms. The van der Waals surface area contributed by atoms with Crippen LogP contribution in [0.4, 0.5) is 0 Å². The van der Waals surface area contributed by atoms with Gasteiger partial charge in [0, 0.05) is 38.3 Å². The molecule has 0 saturated carbocycles. The minimum atomic E-state index is 0.00622. The van der Waals surface area contributed by atoms with Crippen LogP contribution >= 0.6 is 0 Å². The Morgan fingerprint density at radius 2 is 2.00 bits per heavy atom. The standard InChI is InChI=1S/C22H25N3O3/c26-21(9-5-13-28-18-7-2-1-3-8-18)24-12-10-19-20(24)14-22(27)25(19)16-17-6-4-11-23-15-17/h1-4,6-8,11,15,19-20H,5,9-10,12-14,16H2/t19-,20-/m0/s1. The van der Waals surface area contributed by atoms with Gasteiger partial charge in [0.25, 0.3) is 0 Å². The van der Waals surface area contributed by atoms with Crippen LogP contribution in [0.2, 0.25) is 0 Å². The van der Waals surface area contributed by atoms with Crippen molar-refractivity contribution in [2.45, 2.75) is 44.3 Å². The minimum Gasteiger partial charge on any atom is -0.494 e. The maximum atomic E-state index is 12.7. The first-order valence-electron chi connectivity index (χ1n) is 9.88. The molecule has 2 amide bonds. The van der Waals surface area contributed by atoms with Gasteiger partial charge in [-0.15, -0.1) is 0 Å². The number of carbonyl (C=O) groups excluding carboxylic acids is 2. The van der Waals surface area contributed by atoms with E-state index < -0.39 is 0 Å². The van der Waals surface area contributed by atoms with Gasteiger partial charge in [-0.25, -0.2) is 0 Å². The number of rotatable bonds is 7. The molecule has 2 aliphatic heterocycles. The van der Waals surface area contributed by atoms with Gasteiger partial charge in [0.15, 0.2) is 0 Å². The summed E-state index contributed by atoms with van der Waals surface area (Å²) in [7, 11) is 0. The lowest BCUT2D eigenvalue weighted by atomic mass is 10.1. The fraction of sp³-hybridized carbons (Fsp3) is 0.409. The highest BCUT2D eigenvalue weighted by molar-refractivity contribution is 5.83. The van der Waals surface area contributed by atoms with Crippen molar-refractivity contribution in [3.05, 3.63) is 60.4 Å². The summed E-state index contributed by atoms with van der Waals surface area (Å²) in [4.78, 5) is 33.2.